The number of rotatable bonds is 9. The van der Waals surface area contributed by atoms with E-state index >= 15 is 0 Å². The molecule has 0 radical (unpaired) electrons. The normalized spacial score (nSPS) is 12.0. The smallest absolute Gasteiger partial charge is 0.358 e. The van der Waals surface area contributed by atoms with E-state index in [2.05, 4.69) is 22.3 Å². The number of hydrogen-bond acceptors (Lipinski definition) is 6. The van der Waals surface area contributed by atoms with Gasteiger partial charge in [-0.1, -0.05) is 41.9 Å². The van der Waals surface area contributed by atoms with Crippen molar-refractivity contribution in [2.24, 2.45) is 5.16 Å². The van der Waals surface area contributed by atoms with Crippen LogP contribution in [0.1, 0.15) is 31.5 Å². The highest BCUT2D eigenvalue weighted by Gasteiger charge is 2.16. The van der Waals surface area contributed by atoms with E-state index in [0.29, 0.717) is 18.7 Å². The van der Waals surface area contributed by atoms with Gasteiger partial charge in [0.25, 0.3) is 0 Å². The van der Waals surface area contributed by atoms with Crippen molar-refractivity contribution in [1.29, 1.82) is 0 Å². The summed E-state index contributed by atoms with van der Waals surface area (Å²) in [5.41, 5.74) is 3.88. The highest BCUT2D eigenvalue weighted by Crippen LogP contribution is 2.29. The summed E-state index contributed by atoms with van der Waals surface area (Å²) < 4.78 is 35.1. The fourth-order valence-electron chi connectivity index (χ4n) is 2.77. The number of H-pyrrole nitrogens is 1. The van der Waals surface area contributed by atoms with Crippen LogP contribution in [0.25, 0.3) is 11.3 Å². The van der Waals surface area contributed by atoms with Crippen LogP contribution in [0.15, 0.2) is 64.6 Å². The van der Waals surface area contributed by atoms with Gasteiger partial charge in [-0.15, -0.1) is 0 Å². The molecule has 8 heteroatoms. The Morgan fingerprint density at radius 1 is 1.13 bits per heavy atom. The summed E-state index contributed by atoms with van der Waals surface area (Å²) in [5, 5.41) is 11.1. The first-order valence-electron chi connectivity index (χ1n) is 9.69. The number of oxime groups is 1. The van der Waals surface area contributed by atoms with E-state index < -0.39 is 10.1 Å². The molecule has 0 aliphatic heterocycles. The van der Waals surface area contributed by atoms with E-state index in [0.717, 1.165) is 34.7 Å². The summed E-state index contributed by atoms with van der Waals surface area (Å²) in [5.74, 6) is 0.773. The van der Waals surface area contributed by atoms with Crippen molar-refractivity contribution in [3.63, 3.8) is 0 Å². The third kappa shape index (κ3) is 5.48. The number of aryl methyl sites for hydroxylation is 1. The molecule has 0 aliphatic rings. The topological polar surface area (TPSA) is 93.6 Å². The van der Waals surface area contributed by atoms with Crippen molar-refractivity contribution in [1.82, 2.24) is 10.2 Å². The van der Waals surface area contributed by atoms with Gasteiger partial charge in [0.05, 0.1) is 18.0 Å². The number of ether oxygens (including phenoxy) is 1. The van der Waals surface area contributed by atoms with Crippen LogP contribution < -0.4 is 4.74 Å². The van der Waals surface area contributed by atoms with Crippen LogP contribution in [0.2, 0.25) is 0 Å². The largest absolute Gasteiger partial charge is 0.493 e. The Morgan fingerprint density at radius 2 is 1.87 bits per heavy atom. The summed E-state index contributed by atoms with van der Waals surface area (Å²) >= 11 is 0. The Labute approximate surface area is 176 Å². The lowest BCUT2D eigenvalue weighted by molar-refractivity contribution is 0.318. The van der Waals surface area contributed by atoms with Crippen LogP contribution in [-0.4, -0.2) is 30.9 Å². The summed E-state index contributed by atoms with van der Waals surface area (Å²) in [6.45, 7) is 6.27. The maximum atomic E-state index is 12.2. The zero-order valence-electron chi connectivity index (χ0n) is 17.3. The number of nitrogens with zero attached hydrogens (tertiary/aromatic N) is 2. The minimum Gasteiger partial charge on any atom is -0.493 e. The summed E-state index contributed by atoms with van der Waals surface area (Å²) in [6.07, 6.45) is 1.29. The zero-order valence-corrected chi connectivity index (χ0v) is 18.1. The second-order valence-corrected chi connectivity index (χ2v) is 8.50. The first-order valence-corrected chi connectivity index (χ1v) is 11.1. The molecule has 0 spiro atoms. The molecule has 0 atom stereocenters. The van der Waals surface area contributed by atoms with Gasteiger partial charge in [-0.2, -0.15) is 13.5 Å². The Kier molecular flexibility index (Phi) is 6.89. The first-order chi connectivity index (χ1) is 14.4. The third-order valence-electron chi connectivity index (χ3n) is 4.30. The number of aromatic amines is 1. The van der Waals surface area contributed by atoms with E-state index in [1.165, 1.54) is 12.1 Å². The second kappa shape index (κ2) is 9.58. The molecule has 0 saturated heterocycles. The van der Waals surface area contributed by atoms with Gasteiger partial charge in [0.2, 0.25) is 0 Å². The molecule has 0 saturated carbocycles. The molecule has 1 heterocycles. The van der Waals surface area contributed by atoms with Gasteiger partial charge >= 0.3 is 10.1 Å². The van der Waals surface area contributed by atoms with Gasteiger partial charge in [0.1, 0.15) is 10.6 Å². The molecule has 158 valence electrons. The van der Waals surface area contributed by atoms with E-state index in [-0.39, 0.29) is 4.90 Å². The second-order valence-electron chi connectivity index (χ2n) is 6.97. The average molecular weight is 428 g/mol. The molecular weight excluding hydrogens is 402 g/mol. The SMILES string of the molecule is CCCOc1ccccc1-c1cc(C/C(C)=N/OS(=O)(=O)c2ccc(C)cc2)[nH]n1. The van der Waals surface area contributed by atoms with Crippen LogP contribution >= 0.6 is 0 Å². The Balaban J connectivity index is 1.69. The maximum absolute atomic E-state index is 12.2. The highest BCUT2D eigenvalue weighted by molar-refractivity contribution is 7.86. The van der Waals surface area contributed by atoms with Crippen LogP contribution in [0.3, 0.4) is 0 Å². The molecule has 3 aromatic rings. The van der Waals surface area contributed by atoms with E-state index in [9.17, 15) is 8.42 Å². The Morgan fingerprint density at radius 3 is 2.60 bits per heavy atom. The Hall–Kier alpha value is -3.13. The van der Waals surface area contributed by atoms with Gasteiger partial charge in [-0.3, -0.25) is 9.38 Å². The number of nitrogens with one attached hydrogen (secondary N) is 1. The summed E-state index contributed by atoms with van der Waals surface area (Å²) in [7, 11) is -3.95. The van der Waals surface area contributed by atoms with Crippen LogP contribution in [-0.2, 0) is 20.8 Å². The van der Waals surface area contributed by atoms with Gasteiger partial charge in [-0.05, 0) is 50.6 Å². The fraction of sp³-hybridized carbons (Fsp3) is 0.273. The average Bonchev–Trinajstić information content (AvgIpc) is 3.19. The van der Waals surface area contributed by atoms with Crippen LogP contribution in [0, 0.1) is 6.92 Å². The maximum Gasteiger partial charge on any atom is 0.358 e. The van der Waals surface area contributed by atoms with E-state index in [4.69, 9.17) is 9.02 Å². The predicted octanol–water partition coefficient (Wildman–Crippen LogP) is 4.50. The molecule has 0 unspecified atom stereocenters. The van der Waals surface area contributed by atoms with E-state index in [1.54, 1.807) is 19.1 Å². The number of benzene rings is 2. The third-order valence-corrected chi connectivity index (χ3v) is 5.42. The predicted molar refractivity (Wildman–Crippen MR) is 116 cm³/mol. The molecular formula is C22H25N3O4S. The van der Waals surface area contributed by atoms with E-state index in [1.807, 2.05) is 37.3 Å². The first kappa shape index (κ1) is 21.6. The molecule has 0 aliphatic carbocycles. The molecule has 1 N–H and O–H groups in total. The van der Waals surface area contributed by atoms with Gasteiger partial charge in [-0.25, -0.2) is 0 Å². The lowest BCUT2D eigenvalue weighted by Crippen LogP contribution is -2.06. The van der Waals surface area contributed by atoms with Gasteiger partial charge in [0.15, 0.2) is 0 Å². The number of hydrogen-bond donors (Lipinski definition) is 1. The molecule has 0 amide bonds. The standard InChI is InChI=1S/C22H25N3O4S/c1-4-13-28-22-8-6-5-7-20(22)21-15-18(23-24-21)14-17(3)25-29-30(26,27)19-11-9-16(2)10-12-19/h5-12,15H,4,13-14H2,1-3H3,(H,23,24)/b25-17+. The monoisotopic (exact) mass is 427 g/mol. The molecule has 1 aromatic heterocycles. The molecule has 0 fully saturated rings. The van der Waals surface area contributed by atoms with Crippen LogP contribution in [0.5, 0.6) is 5.75 Å². The van der Waals surface area contributed by atoms with Gasteiger partial charge in [0, 0.05) is 17.7 Å². The molecule has 3 rings (SSSR count). The number of aromatic nitrogens is 2. The summed E-state index contributed by atoms with van der Waals surface area (Å²) in [4.78, 5) is 0.0668. The molecule has 0 bridgehead atoms. The van der Waals surface area contributed by atoms with Crippen molar-refractivity contribution in [3.05, 3.63) is 65.9 Å². The van der Waals surface area contributed by atoms with Crippen LogP contribution in [0.4, 0.5) is 0 Å². The number of para-hydroxylation sites is 1. The van der Waals surface area contributed by atoms with Crippen molar-refractivity contribution in [3.8, 4) is 17.0 Å². The summed E-state index contributed by atoms with van der Waals surface area (Å²) in [6, 6.07) is 16.0. The van der Waals surface area contributed by atoms with Gasteiger partial charge < -0.3 is 4.74 Å². The molecule has 30 heavy (non-hydrogen) atoms. The van der Waals surface area contributed by atoms with Crippen molar-refractivity contribution >= 4 is 15.8 Å². The minimum atomic E-state index is -3.95. The van der Waals surface area contributed by atoms with Crippen molar-refractivity contribution in [2.45, 2.75) is 38.5 Å². The van der Waals surface area contributed by atoms with Crippen molar-refractivity contribution in [2.75, 3.05) is 6.61 Å². The lowest BCUT2D eigenvalue weighted by atomic mass is 10.1. The van der Waals surface area contributed by atoms with Crippen molar-refractivity contribution < 1.29 is 17.4 Å². The Bertz CT molecular complexity index is 1120. The molecule has 2 aromatic carbocycles. The lowest BCUT2D eigenvalue weighted by Gasteiger charge is -2.08. The quantitative estimate of drug-likeness (QED) is 0.401. The fourth-order valence-corrected chi connectivity index (χ4v) is 3.56. The highest BCUT2D eigenvalue weighted by atomic mass is 32.2. The minimum absolute atomic E-state index is 0.0668. The zero-order chi connectivity index (χ0) is 21.6. The molecule has 7 nitrogen and oxygen atoms in total.